The molecular formula is C21H29F3N6O. The van der Waals surface area contributed by atoms with E-state index in [1.165, 1.54) is 0 Å². The molecular weight excluding hydrogens is 409 g/mol. The summed E-state index contributed by atoms with van der Waals surface area (Å²) >= 11 is 0. The van der Waals surface area contributed by atoms with E-state index in [1.54, 1.807) is 0 Å². The first-order valence-corrected chi connectivity index (χ1v) is 10.8. The fourth-order valence-electron chi connectivity index (χ4n) is 4.32. The number of carbonyl (C=O) groups excluding carboxylic acids is 1. The Hall–Kier alpha value is -2.41. The summed E-state index contributed by atoms with van der Waals surface area (Å²) in [5, 5.41) is 15.5. The fraction of sp³-hybridized carbons (Fsp3) is 0.714. The van der Waals surface area contributed by atoms with Gasteiger partial charge in [0.05, 0.1) is 6.07 Å². The van der Waals surface area contributed by atoms with Crippen molar-refractivity contribution in [2.45, 2.75) is 69.1 Å². The van der Waals surface area contributed by atoms with Crippen molar-refractivity contribution in [3.05, 3.63) is 18.0 Å². The zero-order valence-corrected chi connectivity index (χ0v) is 17.7. The summed E-state index contributed by atoms with van der Waals surface area (Å²) in [6.45, 7) is 1.37. The van der Waals surface area contributed by atoms with E-state index < -0.39 is 29.4 Å². The van der Waals surface area contributed by atoms with Crippen LogP contribution < -0.4 is 10.6 Å². The molecule has 1 atom stereocenters. The summed E-state index contributed by atoms with van der Waals surface area (Å²) in [7, 11) is 1.96. The van der Waals surface area contributed by atoms with Crippen molar-refractivity contribution in [1.82, 2.24) is 20.2 Å². The minimum Gasteiger partial charge on any atom is -0.342 e. The highest BCUT2D eigenvalue weighted by molar-refractivity contribution is 5.85. The maximum absolute atomic E-state index is 13.2. The molecule has 2 aliphatic rings. The summed E-state index contributed by atoms with van der Waals surface area (Å²) in [6, 6.07) is 2.24. The maximum atomic E-state index is 13.2. The quantitative estimate of drug-likeness (QED) is 0.708. The number of halogens is 3. The second kappa shape index (κ2) is 9.81. The number of alkyl halides is 3. The van der Waals surface area contributed by atoms with Gasteiger partial charge in [0, 0.05) is 19.3 Å². The van der Waals surface area contributed by atoms with E-state index in [2.05, 4.69) is 31.6 Å². The third-order valence-corrected chi connectivity index (χ3v) is 6.28. The highest BCUT2D eigenvalue weighted by Crippen LogP contribution is 2.30. The first-order chi connectivity index (χ1) is 14.7. The van der Waals surface area contributed by atoms with E-state index in [4.69, 9.17) is 0 Å². The van der Waals surface area contributed by atoms with Gasteiger partial charge < -0.3 is 15.5 Å². The van der Waals surface area contributed by atoms with Crippen molar-refractivity contribution in [1.29, 1.82) is 5.26 Å². The van der Waals surface area contributed by atoms with E-state index in [-0.39, 0.29) is 5.95 Å². The van der Waals surface area contributed by atoms with Gasteiger partial charge in [0.2, 0.25) is 11.9 Å². The molecule has 0 spiro atoms. The van der Waals surface area contributed by atoms with Crippen LogP contribution in [0.15, 0.2) is 12.3 Å². The Labute approximate surface area is 180 Å². The van der Waals surface area contributed by atoms with Crippen molar-refractivity contribution in [2.75, 3.05) is 25.5 Å². The molecule has 1 aromatic rings. The number of aromatic nitrogens is 2. The topological polar surface area (TPSA) is 93.9 Å². The molecule has 1 aliphatic heterocycles. The lowest BCUT2D eigenvalue weighted by Crippen LogP contribution is -2.57. The van der Waals surface area contributed by atoms with Gasteiger partial charge in [0.1, 0.15) is 17.3 Å². The highest BCUT2D eigenvalue weighted by Gasteiger charge is 2.38. The number of nitrogens with zero attached hydrogens (tertiary/aromatic N) is 4. The summed E-state index contributed by atoms with van der Waals surface area (Å²) < 4.78 is 39.1. The van der Waals surface area contributed by atoms with Gasteiger partial charge in [-0.1, -0.05) is 32.1 Å². The Morgan fingerprint density at radius 1 is 1.32 bits per heavy atom. The van der Waals surface area contributed by atoms with Gasteiger partial charge >= 0.3 is 6.18 Å². The van der Waals surface area contributed by atoms with Crippen LogP contribution in [-0.2, 0) is 11.0 Å². The number of hydrogen-bond acceptors (Lipinski definition) is 6. The van der Waals surface area contributed by atoms with Crippen LogP contribution in [0.4, 0.5) is 19.1 Å². The number of anilines is 1. The van der Waals surface area contributed by atoms with Crippen LogP contribution in [0.25, 0.3) is 0 Å². The molecule has 2 fully saturated rings. The van der Waals surface area contributed by atoms with Crippen molar-refractivity contribution in [3.8, 4) is 6.07 Å². The number of piperidine rings is 1. The van der Waals surface area contributed by atoms with Gasteiger partial charge in [0.15, 0.2) is 0 Å². The predicted molar refractivity (Wildman–Crippen MR) is 109 cm³/mol. The van der Waals surface area contributed by atoms with Crippen LogP contribution in [-0.4, -0.2) is 52.5 Å². The van der Waals surface area contributed by atoms with E-state index in [0.29, 0.717) is 38.3 Å². The van der Waals surface area contributed by atoms with E-state index in [0.717, 1.165) is 44.4 Å². The molecule has 0 bridgehead atoms. The average Bonchev–Trinajstić information content (AvgIpc) is 2.75. The number of carbonyl (C=O) groups is 1. The zero-order chi connectivity index (χ0) is 22.5. The minimum atomic E-state index is -4.60. The van der Waals surface area contributed by atoms with Crippen molar-refractivity contribution >= 4 is 11.9 Å². The molecule has 2 N–H and O–H groups in total. The van der Waals surface area contributed by atoms with Crippen molar-refractivity contribution in [3.63, 3.8) is 0 Å². The largest absolute Gasteiger partial charge is 0.433 e. The molecule has 31 heavy (non-hydrogen) atoms. The van der Waals surface area contributed by atoms with Crippen LogP contribution in [0, 0.1) is 17.2 Å². The Kier molecular flexibility index (Phi) is 7.36. The number of nitrogens with one attached hydrogen (secondary N) is 2. The molecule has 1 aromatic heterocycles. The first-order valence-electron chi connectivity index (χ1n) is 10.8. The van der Waals surface area contributed by atoms with Gasteiger partial charge in [-0.25, -0.2) is 9.97 Å². The number of likely N-dealkylation sites (tertiary alicyclic amines) is 1. The molecule has 1 saturated carbocycles. The van der Waals surface area contributed by atoms with Crippen LogP contribution in [0.3, 0.4) is 0 Å². The molecule has 2 heterocycles. The highest BCUT2D eigenvalue weighted by atomic mass is 19.4. The molecule has 1 amide bonds. The Bertz CT molecular complexity index is 795. The smallest absolute Gasteiger partial charge is 0.342 e. The summed E-state index contributed by atoms with van der Waals surface area (Å²) in [6.07, 6.45) is 3.16. The zero-order valence-electron chi connectivity index (χ0n) is 17.7. The average molecular weight is 438 g/mol. The third kappa shape index (κ3) is 6.29. The normalized spacial score (nSPS) is 21.1. The lowest BCUT2D eigenvalue weighted by Gasteiger charge is -2.37. The lowest BCUT2D eigenvalue weighted by atomic mass is 9.84. The molecule has 3 rings (SSSR count). The second-order valence-electron chi connectivity index (χ2n) is 8.69. The van der Waals surface area contributed by atoms with E-state index in [1.807, 2.05) is 7.05 Å². The summed E-state index contributed by atoms with van der Waals surface area (Å²) in [4.78, 5) is 22.7. The van der Waals surface area contributed by atoms with E-state index >= 15 is 0 Å². The van der Waals surface area contributed by atoms with Gasteiger partial charge in [-0.15, -0.1) is 0 Å². The molecule has 170 valence electrons. The molecule has 10 heteroatoms. The molecule has 1 unspecified atom stereocenters. The molecule has 1 aliphatic carbocycles. The van der Waals surface area contributed by atoms with Gasteiger partial charge in [-0.05, 0) is 38.3 Å². The summed E-state index contributed by atoms with van der Waals surface area (Å²) in [5.74, 6) is -0.337. The third-order valence-electron chi connectivity index (χ3n) is 6.28. The summed E-state index contributed by atoms with van der Waals surface area (Å²) in [5.41, 5.74) is -2.03. The lowest BCUT2D eigenvalue weighted by molar-refractivity contribution is -0.141. The van der Waals surface area contributed by atoms with Crippen molar-refractivity contribution < 1.29 is 18.0 Å². The Morgan fingerprint density at radius 3 is 2.61 bits per heavy atom. The van der Waals surface area contributed by atoms with E-state index in [9.17, 15) is 23.2 Å². The van der Waals surface area contributed by atoms with Gasteiger partial charge in [-0.3, -0.25) is 4.79 Å². The predicted octanol–water partition coefficient (Wildman–Crippen LogP) is 3.35. The Morgan fingerprint density at radius 2 is 2.00 bits per heavy atom. The standard InChI is InChI=1S/C21H29F3N6O/c1-30-11-8-20(14-25,9-12-30)29-18(31)16(13-15-5-3-2-4-6-15)27-19-26-10-7-17(28-19)21(22,23)24/h7,10,15-16H,2-6,8-9,11-13H2,1H3,(H,29,31)(H,26,27,28). The Balaban J connectivity index is 1.77. The number of amides is 1. The SMILES string of the molecule is CN1CCC(C#N)(NC(=O)C(CC2CCCCC2)Nc2nccc(C(F)(F)F)n2)CC1. The molecule has 7 nitrogen and oxygen atoms in total. The van der Waals surface area contributed by atoms with Gasteiger partial charge in [0.25, 0.3) is 0 Å². The molecule has 0 radical (unpaired) electrons. The van der Waals surface area contributed by atoms with Crippen LogP contribution in [0.2, 0.25) is 0 Å². The molecule has 0 aromatic carbocycles. The van der Waals surface area contributed by atoms with Crippen LogP contribution >= 0.6 is 0 Å². The van der Waals surface area contributed by atoms with Gasteiger partial charge in [-0.2, -0.15) is 18.4 Å². The second-order valence-corrected chi connectivity index (χ2v) is 8.69. The number of nitriles is 1. The monoisotopic (exact) mass is 438 g/mol. The maximum Gasteiger partial charge on any atom is 0.433 e. The first kappa shape index (κ1) is 23.3. The van der Waals surface area contributed by atoms with Crippen LogP contribution in [0.5, 0.6) is 0 Å². The van der Waals surface area contributed by atoms with Crippen molar-refractivity contribution in [2.24, 2.45) is 5.92 Å². The fourth-order valence-corrected chi connectivity index (χ4v) is 4.32. The number of hydrogen-bond donors (Lipinski definition) is 2. The number of rotatable bonds is 6. The molecule has 1 saturated heterocycles. The van der Waals surface area contributed by atoms with Crippen LogP contribution in [0.1, 0.15) is 57.1 Å². The minimum absolute atomic E-state index is 0.236.